The number of rotatable bonds is 7. The third-order valence-corrected chi connectivity index (χ3v) is 6.20. The Balaban J connectivity index is 0.000000297. The van der Waals surface area contributed by atoms with Crippen LogP contribution in [-0.2, 0) is 6.61 Å². The lowest BCUT2D eigenvalue weighted by Crippen LogP contribution is -2.38. The van der Waals surface area contributed by atoms with Gasteiger partial charge >= 0.3 is 0 Å². The summed E-state index contributed by atoms with van der Waals surface area (Å²) in [7, 11) is 0. The molecule has 0 saturated carbocycles. The van der Waals surface area contributed by atoms with E-state index < -0.39 is 0 Å². The van der Waals surface area contributed by atoms with Crippen LogP contribution in [0, 0.1) is 6.92 Å². The van der Waals surface area contributed by atoms with Gasteiger partial charge in [0.25, 0.3) is 0 Å². The van der Waals surface area contributed by atoms with Crippen molar-refractivity contribution in [3.63, 3.8) is 0 Å². The van der Waals surface area contributed by atoms with Crippen LogP contribution in [0.1, 0.15) is 62.3 Å². The summed E-state index contributed by atoms with van der Waals surface area (Å²) < 4.78 is 5.08. The summed E-state index contributed by atoms with van der Waals surface area (Å²) in [5, 5.41) is 9.98. The van der Waals surface area contributed by atoms with Crippen molar-refractivity contribution in [2.45, 2.75) is 65.6 Å². The van der Waals surface area contributed by atoms with Gasteiger partial charge in [-0.3, -0.25) is 4.90 Å². The second-order valence-corrected chi connectivity index (χ2v) is 9.11. The molecular weight excluding hydrogens is 394 g/mol. The van der Waals surface area contributed by atoms with Gasteiger partial charge in [0, 0.05) is 23.6 Å². The predicted molar refractivity (Wildman–Crippen MR) is 133 cm³/mol. The number of fused-ring (bicyclic) bond motifs is 1. The van der Waals surface area contributed by atoms with Crippen molar-refractivity contribution in [1.82, 2.24) is 4.90 Å². The number of hydrogen-bond acceptors (Lipinski definition) is 3. The maximum atomic E-state index is 9.98. The average molecular weight is 432 g/mol. The first kappa shape index (κ1) is 23.9. The number of benzene rings is 3. The van der Waals surface area contributed by atoms with Crippen LogP contribution < -0.4 is 4.74 Å². The molecule has 3 nitrogen and oxygen atoms in total. The first-order valence-corrected chi connectivity index (χ1v) is 11.7. The molecule has 3 heteroatoms. The maximum absolute atomic E-state index is 9.98. The number of ether oxygens (including phenoxy) is 1. The smallest absolute Gasteiger partial charge is 0.126 e. The van der Waals surface area contributed by atoms with E-state index in [0.29, 0.717) is 23.8 Å². The molecule has 0 amide bonds. The largest absolute Gasteiger partial charge is 0.508 e. The summed E-state index contributed by atoms with van der Waals surface area (Å²) in [6, 6.07) is 25.5. The number of phenols is 1. The lowest BCUT2D eigenvalue weighted by molar-refractivity contribution is 0.170. The Hall–Kier alpha value is -2.78. The van der Waals surface area contributed by atoms with Crippen LogP contribution in [0.2, 0.25) is 0 Å². The molecule has 0 spiro atoms. The highest BCUT2D eigenvalue weighted by Gasteiger charge is 2.20. The van der Waals surface area contributed by atoms with Crippen LogP contribution in [0.3, 0.4) is 0 Å². The quantitative estimate of drug-likeness (QED) is 0.441. The Morgan fingerprint density at radius 2 is 1.53 bits per heavy atom. The Morgan fingerprint density at radius 1 is 0.875 bits per heavy atom. The third kappa shape index (κ3) is 6.14. The van der Waals surface area contributed by atoms with Gasteiger partial charge in [-0.15, -0.1) is 0 Å². The number of aryl methyl sites for hydroxylation is 1. The number of phenolic OH excluding ortho intramolecular Hbond substituents is 1. The Labute approximate surface area is 193 Å². The first-order chi connectivity index (χ1) is 15.4. The number of nitrogens with zero attached hydrogens (tertiary/aromatic N) is 1. The van der Waals surface area contributed by atoms with Gasteiger partial charge in [0.2, 0.25) is 0 Å². The minimum atomic E-state index is 0.304. The molecular formula is C29H37NO2. The van der Waals surface area contributed by atoms with Gasteiger partial charge in [-0.25, -0.2) is 0 Å². The zero-order valence-corrected chi connectivity index (χ0v) is 20.1. The van der Waals surface area contributed by atoms with Gasteiger partial charge in [-0.2, -0.15) is 0 Å². The topological polar surface area (TPSA) is 32.7 Å². The fourth-order valence-electron chi connectivity index (χ4n) is 4.42. The molecule has 0 bridgehead atoms. The standard InChI is InChI=1S/C22H31NO.C7H6O/c1-16(2)23(17(3)4)14-13-21(19-9-7-6-8-10-19)22-15-20(24)12-11-18(22)5;1-2-4-7-6(3-1)5-8-7/h6-12,15-17,21,24H,13-14H2,1-5H3;1-4H,5H2. The lowest BCUT2D eigenvalue weighted by Gasteiger charge is -2.32. The van der Waals surface area contributed by atoms with Crippen molar-refractivity contribution >= 4 is 0 Å². The van der Waals surface area contributed by atoms with Gasteiger partial charge in [0.1, 0.15) is 18.1 Å². The van der Waals surface area contributed by atoms with E-state index in [0.717, 1.165) is 25.3 Å². The van der Waals surface area contributed by atoms with Crippen molar-refractivity contribution in [3.05, 3.63) is 95.1 Å². The van der Waals surface area contributed by atoms with Crippen LogP contribution in [0.5, 0.6) is 11.5 Å². The van der Waals surface area contributed by atoms with E-state index in [2.05, 4.69) is 75.9 Å². The monoisotopic (exact) mass is 431 g/mol. The van der Waals surface area contributed by atoms with Gasteiger partial charge < -0.3 is 9.84 Å². The molecule has 3 aromatic rings. The van der Waals surface area contributed by atoms with Crippen molar-refractivity contribution < 1.29 is 9.84 Å². The summed E-state index contributed by atoms with van der Waals surface area (Å²) in [5.74, 6) is 1.70. The van der Waals surface area contributed by atoms with Crippen LogP contribution in [0.4, 0.5) is 0 Å². The van der Waals surface area contributed by atoms with Crippen LogP contribution in [0.25, 0.3) is 0 Å². The summed E-state index contributed by atoms with van der Waals surface area (Å²) in [5.41, 5.74) is 5.11. The summed E-state index contributed by atoms with van der Waals surface area (Å²) >= 11 is 0. The van der Waals surface area contributed by atoms with Gasteiger partial charge in [-0.1, -0.05) is 54.6 Å². The highest BCUT2D eigenvalue weighted by molar-refractivity contribution is 5.41. The van der Waals surface area contributed by atoms with E-state index in [9.17, 15) is 5.11 Å². The highest BCUT2D eigenvalue weighted by Crippen LogP contribution is 2.33. The molecule has 0 radical (unpaired) electrons. The molecule has 1 aliphatic heterocycles. The molecule has 0 aliphatic carbocycles. The fourth-order valence-corrected chi connectivity index (χ4v) is 4.42. The fraction of sp³-hybridized carbons (Fsp3) is 0.379. The SMILES string of the molecule is Cc1ccc(O)cc1C(CCN(C(C)C)C(C)C)c1ccccc1.c1ccc2c(c1)CO2. The van der Waals surface area contributed by atoms with E-state index in [1.807, 2.05) is 30.3 Å². The zero-order valence-electron chi connectivity index (χ0n) is 20.1. The molecule has 4 rings (SSSR count). The molecule has 32 heavy (non-hydrogen) atoms. The van der Waals surface area contributed by atoms with Crippen molar-refractivity contribution in [3.8, 4) is 11.5 Å². The van der Waals surface area contributed by atoms with Crippen LogP contribution >= 0.6 is 0 Å². The zero-order chi connectivity index (χ0) is 23.1. The van der Waals surface area contributed by atoms with E-state index in [1.165, 1.54) is 22.3 Å². The third-order valence-electron chi connectivity index (χ3n) is 6.20. The molecule has 1 heterocycles. The molecule has 1 unspecified atom stereocenters. The summed E-state index contributed by atoms with van der Waals surface area (Å²) in [4.78, 5) is 2.54. The van der Waals surface area contributed by atoms with E-state index in [4.69, 9.17) is 4.74 Å². The van der Waals surface area contributed by atoms with Crippen molar-refractivity contribution in [1.29, 1.82) is 0 Å². The van der Waals surface area contributed by atoms with Gasteiger partial charge in [0.05, 0.1) is 0 Å². The van der Waals surface area contributed by atoms with E-state index in [1.54, 1.807) is 6.07 Å². The number of aromatic hydroxyl groups is 1. The van der Waals surface area contributed by atoms with Crippen molar-refractivity contribution in [2.24, 2.45) is 0 Å². The Kier molecular flexibility index (Phi) is 8.35. The summed E-state index contributed by atoms with van der Waals surface area (Å²) in [6.45, 7) is 13.0. The molecule has 1 N–H and O–H groups in total. The predicted octanol–water partition coefficient (Wildman–Crippen LogP) is 6.92. The van der Waals surface area contributed by atoms with E-state index >= 15 is 0 Å². The lowest BCUT2D eigenvalue weighted by atomic mass is 9.85. The van der Waals surface area contributed by atoms with Gasteiger partial charge in [0.15, 0.2) is 0 Å². The molecule has 1 atom stereocenters. The van der Waals surface area contributed by atoms with Crippen molar-refractivity contribution in [2.75, 3.05) is 6.54 Å². The molecule has 0 saturated heterocycles. The minimum absolute atomic E-state index is 0.304. The summed E-state index contributed by atoms with van der Waals surface area (Å²) in [6.07, 6.45) is 1.05. The number of para-hydroxylation sites is 1. The Morgan fingerprint density at radius 3 is 2.06 bits per heavy atom. The minimum Gasteiger partial charge on any atom is -0.508 e. The normalized spacial score (nSPS) is 13.1. The Bertz CT molecular complexity index is 950. The van der Waals surface area contributed by atoms with Crippen LogP contribution in [0.15, 0.2) is 72.8 Å². The molecule has 0 fully saturated rings. The molecule has 1 aliphatic rings. The maximum Gasteiger partial charge on any atom is 0.126 e. The molecule has 0 aromatic heterocycles. The molecule has 170 valence electrons. The molecule has 3 aromatic carbocycles. The number of hydrogen-bond donors (Lipinski definition) is 1. The average Bonchev–Trinajstić information content (AvgIpc) is 2.75. The second kappa shape index (κ2) is 11.2. The highest BCUT2D eigenvalue weighted by atomic mass is 16.5. The van der Waals surface area contributed by atoms with Crippen LogP contribution in [-0.4, -0.2) is 28.6 Å². The van der Waals surface area contributed by atoms with E-state index in [-0.39, 0.29) is 0 Å². The van der Waals surface area contributed by atoms with Gasteiger partial charge in [-0.05, 0) is 82.5 Å². The second-order valence-electron chi connectivity index (χ2n) is 9.11. The first-order valence-electron chi connectivity index (χ1n) is 11.7.